The quantitative estimate of drug-likeness (QED) is 0.536. The summed E-state index contributed by atoms with van der Waals surface area (Å²) in [7, 11) is 0. The van der Waals surface area contributed by atoms with Crippen molar-refractivity contribution in [2.75, 3.05) is 6.61 Å². The van der Waals surface area contributed by atoms with E-state index in [1.165, 1.54) is 12.8 Å². The molecule has 0 aromatic rings. The van der Waals surface area contributed by atoms with Gasteiger partial charge in [-0.15, -0.1) is 0 Å². The molecule has 0 aromatic carbocycles. The Balaban J connectivity index is 2.09. The molecule has 1 saturated heterocycles. The molecule has 2 aliphatic rings. The lowest BCUT2D eigenvalue weighted by Crippen LogP contribution is -2.29. The summed E-state index contributed by atoms with van der Waals surface area (Å²) in [6.07, 6.45) is 9.97. The fourth-order valence-electron chi connectivity index (χ4n) is 2.38. The van der Waals surface area contributed by atoms with Crippen molar-refractivity contribution in [1.82, 2.24) is 0 Å². The molecule has 0 aromatic heterocycles. The van der Waals surface area contributed by atoms with Crippen LogP contribution in [0.1, 0.15) is 39.5 Å². The zero-order valence-electron chi connectivity index (χ0n) is 8.02. The first-order valence-corrected chi connectivity index (χ1v) is 4.81. The van der Waals surface area contributed by atoms with Crippen LogP contribution in [0, 0.1) is 11.5 Å². The monoisotopic (exact) mass is 165 g/mol. The summed E-state index contributed by atoms with van der Waals surface area (Å²) < 4.78 is 5.93. The van der Waals surface area contributed by atoms with Crippen LogP contribution in [-0.2, 0) is 4.74 Å². The first-order valence-electron chi connectivity index (χ1n) is 4.81. The van der Waals surface area contributed by atoms with E-state index in [9.17, 15) is 0 Å². The van der Waals surface area contributed by atoms with E-state index in [1.54, 1.807) is 0 Å². The van der Waals surface area contributed by atoms with Crippen LogP contribution < -0.4 is 0 Å². The zero-order valence-corrected chi connectivity index (χ0v) is 8.02. The van der Waals surface area contributed by atoms with Crippen LogP contribution in [0.4, 0.5) is 0 Å². The zero-order chi connectivity index (χ0) is 8.66. The smallest absolute Gasteiger partial charge is 0.0726 e. The number of ether oxygens (including phenoxy) is 1. The van der Waals surface area contributed by atoms with Crippen molar-refractivity contribution in [3.8, 4) is 0 Å². The largest absolute Gasteiger partial charge is 0.374 e. The average molecular weight is 165 g/mol. The third-order valence-electron chi connectivity index (χ3n) is 2.91. The standard InChI is InChI=1S/C11H17O/c1-10(2)8-11(12-9-10)6-4-3-5-7-11/h4H,5-9H2,1-2H3. The van der Waals surface area contributed by atoms with Crippen molar-refractivity contribution >= 4 is 0 Å². The van der Waals surface area contributed by atoms with Crippen LogP contribution in [0.25, 0.3) is 0 Å². The molecule has 1 spiro atoms. The molecule has 12 heavy (non-hydrogen) atoms. The van der Waals surface area contributed by atoms with E-state index in [4.69, 9.17) is 4.74 Å². The van der Waals surface area contributed by atoms with Crippen LogP contribution in [-0.4, -0.2) is 12.2 Å². The highest BCUT2D eigenvalue weighted by Gasteiger charge is 2.43. The number of rotatable bonds is 0. The maximum absolute atomic E-state index is 5.93. The Kier molecular flexibility index (Phi) is 1.80. The Morgan fingerprint density at radius 1 is 1.42 bits per heavy atom. The van der Waals surface area contributed by atoms with Crippen molar-refractivity contribution in [2.24, 2.45) is 5.41 Å². The molecule has 1 fully saturated rings. The fraction of sp³-hybridized carbons (Fsp3) is 0.818. The lowest BCUT2D eigenvalue weighted by atomic mass is 9.78. The van der Waals surface area contributed by atoms with Gasteiger partial charge in [-0.05, 0) is 37.2 Å². The molecular weight excluding hydrogens is 148 g/mol. The predicted octanol–water partition coefficient (Wildman–Crippen LogP) is 2.71. The van der Waals surface area contributed by atoms with E-state index in [2.05, 4.69) is 26.0 Å². The Bertz CT molecular complexity index is 205. The van der Waals surface area contributed by atoms with Gasteiger partial charge in [-0.2, -0.15) is 0 Å². The van der Waals surface area contributed by atoms with E-state index in [1.807, 2.05) is 0 Å². The average Bonchev–Trinajstić information content (AvgIpc) is 2.29. The topological polar surface area (TPSA) is 9.23 Å². The minimum Gasteiger partial charge on any atom is -0.374 e. The van der Waals surface area contributed by atoms with Crippen molar-refractivity contribution in [1.29, 1.82) is 0 Å². The van der Waals surface area contributed by atoms with Crippen LogP contribution in [0.15, 0.2) is 6.08 Å². The van der Waals surface area contributed by atoms with Gasteiger partial charge >= 0.3 is 0 Å². The third-order valence-corrected chi connectivity index (χ3v) is 2.91. The molecule has 0 saturated carbocycles. The van der Waals surface area contributed by atoms with Gasteiger partial charge in [0.05, 0.1) is 12.2 Å². The van der Waals surface area contributed by atoms with Gasteiger partial charge in [0, 0.05) is 0 Å². The summed E-state index contributed by atoms with van der Waals surface area (Å²) in [6, 6.07) is 0. The van der Waals surface area contributed by atoms with Crippen LogP contribution in [0.5, 0.6) is 0 Å². The van der Waals surface area contributed by atoms with Gasteiger partial charge in [-0.3, -0.25) is 0 Å². The van der Waals surface area contributed by atoms with E-state index >= 15 is 0 Å². The van der Waals surface area contributed by atoms with Gasteiger partial charge in [0.15, 0.2) is 0 Å². The van der Waals surface area contributed by atoms with E-state index in [0.29, 0.717) is 5.41 Å². The summed E-state index contributed by atoms with van der Waals surface area (Å²) in [4.78, 5) is 0. The first-order chi connectivity index (χ1) is 5.62. The highest BCUT2D eigenvalue weighted by Crippen LogP contribution is 2.44. The summed E-state index contributed by atoms with van der Waals surface area (Å²) in [5.41, 5.74) is 0.583. The maximum atomic E-state index is 5.93. The van der Waals surface area contributed by atoms with E-state index in [-0.39, 0.29) is 5.60 Å². The molecule has 67 valence electrons. The molecule has 2 rings (SSSR count). The molecular formula is C11H17O. The minimum atomic E-state index is 0.189. The SMILES string of the molecule is CC1(C)COC2(CC=[C]CC2)C1. The van der Waals surface area contributed by atoms with Crippen molar-refractivity contribution < 1.29 is 4.74 Å². The molecule has 0 bridgehead atoms. The van der Waals surface area contributed by atoms with Crippen molar-refractivity contribution in [3.63, 3.8) is 0 Å². The summed E-state index contributed by atoms with van der Waals surface area (Å²) in [6.45, 7) is 5.52. The molecule has 0 N–H and O–H groups in total. The summed E-state index contributed by atoms with van der Waals surface area (Å²) in [5.74, 6) is 0. The van der Waals surface area contributed by atoms with Crippen molar-refractivity contribution in [3.05, 3.63) is 12.2 Å². The summed E-state index contributed by atoms with van der Waals surface area (Å²) >= 11 is 0. The Morgan fingerprint density at radius 3 is 2.75 bits per heavy atom. The van der Waals surface area contributed by atoms with Gasteiger partial charge in [-0.25, -0.2) is 0 Å². The van der Waals surface area contributed by atoms with Crippen LogP contribution in [0.2, 0.25) is 0 Å². The lowest BCUT2D eigenvalue weighted by molar-refractivity contribution is -0.00523. The van der Waals surface area contributed by atoms with Gasteiger partial charge in [-0.1, -0.05) is 19.9 Å². The Hall–Kier alpha value is -0.300. The van der Waals surface area contributed by atoms with Crippen LogP contribution in [0.3, 0.4) is 0 Å². The van der Waals surface area contributed by atoms with Gasteiger partial charge in [0.25, 0.3) is 0 Å². The second kappa shape index (κ2) is 2.59. The van der Waals surface area contributed by atoms with Gasteiger partial charge in [0.1, 0.15) is 0 Å². The first kappa shape index (κ1) is 8.31. The maximum Gasteiger partial charge on any atom is 0.0726 e. The molecule has 1 aliphatic carbocycles. The van der Waals surface area contributed by atoms with Gasteiger partial charge < -0.3 is 4.74 Å². The van der Waals surface area contributed by atoms with Crippen LogP contribution >= 0.6 is 0 Å². The highest BCUT2D eigenvalue weighted by atomic mass is 16.5. The number of hydrogen-bond acceptors (Lipinski definition) is 1. The van der Waals surface area contributed by atoms with E-state index < -0.39 is 0 Å². The molecule has 1 heterocycles. The molecule has 1 atom stereocenters. The molecule has 0 amide bonds. The normalized spacial score (nSPS) is 39.2. The van der Waals surface area contributed by atoms with Gasteiger partial charge in [0.2, 0.25) is 0 Å². The summed E-state index contributed by atoms with van der Waals surface area (Å²) in [5, 5.41) is 0. The second-order valence-corrected chi connectivity index (χ2v) is 4.93. The molecule has 1 radical (unpaired) electrons. The highest BCUT2D eigenvalue weighted by molar-refractivity contribution is 5.01. The Labute approximate surface area is 74.8 Å². The third kappa shape index (κ3) is 1.42. The van der Waals surface area contributed by atoms with E-state index in [0.717, 1.165) is 19.4 Å². The second-order valence-electron chi connectivity index (χ2n) is 4.93. The lowest BCUT2D eigenvalue weighted by Gasteiger charge is -2.30. The predicted molar refractivity (Wildman–Crippen MR) is 48.7 cm³/mol. The van der Waals surface area contributed by atoms with Crippen molar-refractivity contribution in [2.45, 2.75) is 45.1 Å². The molecule has 1 aliphatic heterocycles. The number of hydrogen-bond donors (Lipinski definition) is 0. The molecule has 1 unspecified atom stereocenters. The number of allylic oxidation sites excluding steroid dienone is 1. The molecule has 1 nitrogen and oxygen atoms in total. The fourth-order valence-corrected chi connectivity index (χ4v) is 2.38. The minimum absolute atomic E-state index is 0.189. The molecule has 1 heteroatoms. The Morgan fingerprint density at radius 2 is 2.25 bits per heavy atom.